The highest BCUT2D eigenvalue weighted by atomic mass is 14.9. The SMILES string of the molecule is Cc1ccc([C@@H]2CCCNC2)c(C)n1. The number of pyridine rings is 1. The van der Waals surface area contributed by atoms with Crippen LogP contribution < -0.4 is 5.32 Å². The summed E-state index contributed by atoms with van der Waals surface area (Å²) in [6, 6.07) is 4.37. The maximum absolute atomic E-state index is 4.52. The molecule has 1 aromatic rings. The summed E-state index contributed by atoms with van der Waals surface area (Å²) in [6.07, 6.45) is 2.59. The lowest BCUT2D eigenvalue weighted by Crippen LogP contribution is -2.28. The molecule has 1 aliphatic heterocycles. The molecule has 0 aromatic carbocycles. The third kappa shape index (κ3) is 1.95. The second-order valence-electron chi connectivity index (χ2n) is 4.17. The van der Waals surface area contributed by atoms with Crippen LogP contribution in [0.3, 0.4) is 0 Å². The molecule has 0 aliphatic carbocycles. The van der Waals surface area contributed by atoms with Gasteiger partial charge >= 0.3 is 0 Å². The Balaban J connectivity index is 2.22. The van der Waals surface area contributed by atoms with Crippen LogP contribution in [0.5, 0.6) is 0 Å². The van der Waals surface area contributed by atoms with Crippen molar-refractivity contribution in [1.82, 2.24) is 10.3 Å². The predicted molar refractivity (Wildman–Crippen MR) is 58.6 cm³/mol. The quantitative estimate of drug-likeness (QED) is 0.734. The van der Waals surface area contributed by atoms with Gasteiger partial charge in [0.15, 0.2) is 0 Å². The molecule has 1 fully saturated rings. The van der Waals surface area contributed by atoms with Crippen LogP contribution in [0.2, 0.25) is 0 Å². The van der Waals surface area contributed by atoms with Gasteiger partial charge in [-0.1, -0.05) is 6.07 Å². The zero-order valence-electron chi connectivity index (χ0n) is 9.01. The van der Waals surface area contributed by atoms with Gasteiger partial charge in [-0.3, -0.25) is 4.98 Å². The van der Waals surface area contributed by atoms with Crippen LogP contribution >= 0.6 is 0 Å². The van der Waals surface area contributed by atoms with E-state index in [9.17, 15) is 0 Å². The molecule has 0 bridgehead atoms. The van der Waals surface area contributed by atoms with Crippen molar-refractivity contribution >= 4 is 0 Å². The molecule has 1 aliphatic rings. The Hall–Kier alpha value is -0.890. The zero-order valence-corrected chi connectivity index (χ0v) is 9.01. The van der Waals surface area contributed by atoms with E-state index in [1.165, 1.54) is 30.6 Å². The Labute approximate surface area is 85.7 Å². The van der Waals surface area contributed by atoms with Gasteiger partial charge < -0.3 is 5.32 Å². The third-order valence-corrected chi connectivity index (χ3v) is 3.00. The van der Waals surface area contributed by atoms with Crippen LogP contribution in [0.1, 0.15) is 35.7 Å². The molecule has 0 unspecified atom stereocenters. The van der Waals surface area contributed by atoms with E-state index >= 15 is 0 Å². The van der Waals surface area contributed by atoms with Crippen molar-refractivity contribution in [2.45, 2.75) is 32.6 Å². The van der Waals surface area contributed by atoms with E-state index in [-0.39, 0.29) is 0 Å². The smallest absolute Gasteiger partial charge is 0.0411 e. The van der Waals surface area contributed by atoms with Gasteiger partial charge in [0.25, 0.3) is 0 Å². The number of nitrogens with zero attached hydrogens (tertiary/aromatic N) is 1. The zero-order chi connectivity index (χ0) is 9.97. The average Bonchev–Trinajstić information content (AvgIpc) is 2.19. The number of hydrogen-bond acceptors (Lipinski definition) is 2. The Morgan fingerprint density at radius 2 is 2.21 bits per heavy atom. The summed E-state index contributed by atoms with van der Waals surface area (Å²) in [5.74, 6) is 0.678. The largest absolute Gasteiger partial charge is 0.316 e. The molecule has 1 saturated heterocycles. The number of hydrogen-bond donors (Lipinski definition) is 1. The first-order valence-electron chi connectivity index (χ1n) is 5.42. The summed E-state index contributed by atoms with van der Waals surface area (Å²) < 4.78 is 0. The average molecular weight is 190 g/mol. The Bertz CT molecular complexity index is 314. The van der Waals surface area contributed by atoms with Crippen molar-refractivity contribution in [3.8, 4) is 0 Å². The fourth-order valence-corrected chi connectivity index (χ4v) is 2.25. The van der Waals surface area contributed by atoms with Gasteiger partial charge in [-0.25, -0.2) is 0 Å². The molecule has 76 valence electrons. The number of piperidine rings is 1. The number of nitrogens with one attached hydrogen (secondary N) is 1. The van der Waals surface area contributed by atoms with Crippen molar-refractivity contribution in [1.29, 1.82) is 0 Å². The summed E-state index contributed by atoms with van der Waals surface area (Å²) in [6.45, 7) is 6.47. The first kappa shape index (κ1) is 9.66. The minimum absolute atomic E-state index is 0.678. The highest BCUT2D eigenvalue weighted by Crippen LogP contribution is 2.24. The third-order valence-electron chi connectivity index (χ3n) is 3.00. The molecule has 2 rings (SSSR count). The molecule has 2 nitrogen and oxygen atoms in total. The number of aromatic nitrogens is 1. The second-order valence-corrected chi connectivity index (χ2v) is 4.17. The lowest BCUT2D eigenvalue weighted by Gasteiger charge is -2.24. The minimum atomic E-state index is 0.678. The molecule has 0 saturated carbocycles. The van der Waals surface area contributed by atoms with Crippen LogP contribution in [0.25, 0.3) is 0 Å². The van der Waals surface area contributed by atoms with Crippen molar-refractivity contribution < 1.29 is 0 Å². The Kier molecular flexibility index (Phi) is 2.82. The fraction of sp³-hybridized carbons (Fsp3) is 0.583. The van der Waals surface area contributed by atoms with E-state index < -0.39 is 0 Å². The Morgan fingerprint density at radius 3 is 2.86 bits per heavy atom. The normalized spacial score (nSPS) is 22.3. The van der Waals surface area contributed by atoms with Crippen molar-refractivity contribution in [2.75, 3.05) is 13.1 Å². The van der Waals surface area contributed by atoms with Gasteiger partial charge in [-0.05, 0) is 50.8 Å². The Morgan fingerprint density at radius 1 is 1.36 bits per heavy atom. The van der Waals surface area contributed by atoms with Crippen LogP contribution in [0.15, 0.2) is 12.1 Å². The van der Waals surface area contributed by atoms with E-state index in [0.717, 1.165) is 12.2 Å². The molecule has 1 N–H and O–H groups in total. The van der Waals surface area contributed by atoms with Gasteiger partial charge in [0.1, 0.15) is 0 Å². The molecule has 0 amide bonds. The van der Waals surface area contributed by atoms with Crippen LogP contribution in [-0.2, 0) is 0 Å². The van der Waals surface area contributed by atoms with Crippen molar-refractivity contribution in [2.24, 2.45) is 0 Å². The maximum Gasteiger partial charge on any atom is 0.0411 e. The molecule has 0 spiro atoms. The van der Waals surface area contributed by atoms with E-state index in [1.807, 2.05) is 0 Å². The number of rotatable bonds is 1. The van der Waals surface area contributed by atoms with E-state index in [1.54, 1.807) is 0 Å². The molecule has 2 heterocycles. The lowest BCUT2D eigenvalue weighted by molar-refractivity contribution is 0.459. The molecule has 1 atom stereocenters. The molecule has 14 heavy (non-hydrogen) atoms. The molecular weight excluding hydrogens is 172 g/mol. The minimum Gasteiger partial charge on any atom is -0.316 e. The second kappa shape index (κ2) is 4.09. The summed E-state index contributed by atoms with van der Waals surface area (Å²) in [7, 11) is 0. The van der Waals surface area contributed by atoms with E-state index in [2.05, 4.69) is 36.3 Å². The van der Waals surface area contributed by atoms with Gasteiger partial charge in [-0.15, -0.1) is 0 Å². The van der Waals surface area contributed by atoms with Gasteiger partial charge in [-0.2, -0.15) is 0 Å². The fourth-order valence-electron chi connectivity index (χ4n) is 2.25. The summed E-state index contributed by atoms with van der Waals surface area (Å²) in [5.41, 5.74) is 3.76. The predicted octanol–water partition coefficient (Wildman–Crippen LogP) is 2.17. The highest BCUT2D eigenvalue weighted by molar-refractivity contribution is 5.26. The number of aryl methyl sites for hydroxylation is 2. The molecule has 1 aromatic heterocycles. The monoisotopic (exact) mass is 190 g/mol. The summed E-state index contributed by atoms with van der Waals surface area (Å²) >= 11 is 0. The summed E-state index contributed by atoms with van der Waals surface area (Å²) in [5, 5.41) is 3.45. The first-order valence-corrected chi connectivity index (χ1v) is 5.42. The first-order chi connectivity index (χ1) is 6.77. The summed E-state index contributed by atoms with van der Waals surface area (Å²) in [4.78, 5) is 4.52. The lowest BCUT2D eigenvalue weighted by atomic mass is 9.90. The topological polar surface area (TPSA) is 24.9 Å². The van der Waals surface area contributed by atoms with E-state index in [4.69, 9.17) is 0 Å². The molecular formula is C12H18N2. The molecule has 0 radical (unpaired) electrons. The van der Waals surface area contributed by atoms with Crippen molar-refractivity contribution in [3.05, 3.63) is 29.1 Å². The maximum atomic E-state index is 4.52. The van der Waals surface area contributed by atoms with Gasteiger partial charge in [0.2, 0.25) is 0 Å². The van der Waals surface area contributed by atoms with Crippen LogP contribution in [-0.4, -0.2) is 18.1 Å². The molecule has 2 heteroatoms. The van der Waals surface area contributed by atoms with Gasteiger partial charge in [0, 0.05) is 17.9 Å². The van der Waals surface area contributed by atoms with Gasteiger partial charge in [0.05, 0.1) is 0 Å². The standard InChI is InChI=1S/C12H18N2/c1-9-5-6-12(10(2)14-9)11-4-3-7-13-8-11/h5-6,11,13H,3-4,7-8H2,1-2H3/t11-/m1/s1. The van der Waals surface area contributed by atoms with Crippen LogP contribution in [0, 0.1) is 13.8 Å². The van der Waals surface area contributed by atoms with E-state index in [0.29, 0.717) is 5.92 Å². The van der Waals surface area contributed by atoms with Crippen molar-refractivity contribution in [3.63, 3.8) is 0 Å². The highest BCUT2D eigenvalue weighted by Gasteiger charge is 2.17. The van der Waals surface area contributed by atoms with Crippen LogP contribution in [0.4, 0.5) is 0 Å².